The van der Waals surface area contributed by atoms with Crippen LogP contribution in [0.1, 0.15) is 57.2 Å². The third-order valence-corrected chi connectivity index (χ3v) is 3.06. The molecule has 0 unspecified atom stereocenters. The summed E-state index contributed by atoms with van der Waals surface area (Å²) in [5.74, 6) is 0. The summed E-state index contributed by atoms with van der Waals surface area (Å²) in [5, 5.41) is 0. The smallest absolute Gasteiger partial charge is 0.0224 e. The molecule has 0 amide bonds. The first-order chi connectivity index (χ1) is 8.33. The first-order valence-corrected chi connectivity index (χ1v) is 6.78. The van der Waals surface area contributed by atoms with Gasteiger partial charge in [0.15, 0.2) is 0 Å². The van der Waals surface area contributed by atoms with Gasteiger partial charge in [0.1, 0.15) is 0 Å². The van der Waals surface area contributed by atoms with Crippen molar-refractivity contribution in [3.63, 3.8) is 0 Å². The van der Waals surface area contributed by atoms with Gasteiger partial charge in [0.25, 0.3) is 0 Å². The maximum atomic E-state index is 2.36. The predicted octanol–water partition coefficient (Wildman–Crippen LogP) is 5.49. The van der Waals surface area contributed by atoms with E-state index in [1.165, 1.54) is 36.0 Å². The number of rotatable bonds is 2. The van der Waals surface area contributed by atoms with Gasteiger partial charge in [-0.15, -0.1) is 0 Å². The van der Waals surface area contributed by atoms with Crippen molar-refractivity contribution in [1.82, 2.24) is 0 Å². The van der Waals surface area contributed by atoms with E-state index in [9.17, 15) is 0 Å². The third-order valence-electron chi connectivity index (χ3n) is 3.06. The molecule has 1 aliphatic rings. The fourth-order valence-electron chi connectivity index (χ4n) is 2.15. The number of aryl methyl sites for hydroxylation is 1. The fourth-order valence-corrected chi connectivity index (χ4v) is 2.15. The Bertz CT molecular complexity index is 408. The first kappa shape index (κ1) is 13.8. The molecular weight excluding hydrogens is 204 g/mol. The molecule has 0 spiro atoms. The Morgan fingerprint density at radius 3 is 2.59 bits per heavy atom. The van der Waals surface area contributed by atoms with E-state index >= 15 is 0 Å². The first-order valence-electron chi connectivity index (χ1n) is 6.78. The molecule has 17 heavy (non-hydrogen) atoms. The highest BCUT2D eigenvalue weighted by Crippen LogP contribution is 2.26. The van der Waals surface area contributed by atoms with Gasteiger partial charge in [-0.2, -0.15) is 0 Å². The van der Waals surface area contributed by atoms with Gasteiger partial charge in [-0.3, -0.25) is 0 Å². The second kappa shape index (κ2) is 7.11. The summed E-state index contributed by atoms with van der Waals surface area (Å²) < 4.78 is 0. The third kappa shape index (κ3) is 3.59. The number of fused-ring (bicyclic) bond motifs is 1. The van der Waals surface area contributed by atoms with Crippen LogP contribution in [0.3, 0.4) is 0 Å². The van der Waals surface area contributed by atoms with Crippen LogP contribution in [0.2, 0.25) is 0 Å². The van der Waals surface area contributed by atoms with Crippen molar-refractivity contribution in [3.05, 3.63) is 46.5 Å². The molecule has 1 aromatic rings. The molecule has 0 nitrogen and oxygen atoms in total. The minimum atomic E-state index is 1.19. The van der Waals surface area contributed by atoms with E-state index in [1.54, 1.807) is 5.57 Å². The summed E-state index contributed by atoms with van der Waals surface area (Å²) in [5.41, 5.74) is 5.83. The van der Waals surface area contributed by atoms with Crippen LogP contribution in [0, 0.1) is 0 Å². The monoisotopic (exact) mass is 228 g/mol. The standard InChI is InChI=1S/C15H18.C2H6/c1-3-5-13-7-9-14-10-12(4-2)6-8-15(14)11-13;1-2/h3,5,7,9-11H,4,6,8H2,1-2H3;1-2H3/b5-3+;. The summed E-state index contributed by atoms with van der Waals surface area (Å²) in [6.07, 6.45) is 10.3. The molecule has 0 heterocycles. The lowest BCUT2D eigenvalue weighted by molar-refractivity contribution is 0.875. The van der Waals surface area contributed by atoms with Crippen molar-refractivity contribution in [2.24, 2.45) is 0 Å². The Morgan fingerprint density at radius 2 is 1.94 bits per heavy atom. The summed E-state index contributed by atoms with van der Waals surface area (Å²) in [6.45, 7) is 8.31. The van der Waals surface area contributed by atoms with Crippen LogP contribution in [0.5, 0.6) is 0 Å². The molecular formula is C17H24. The number of benzene rings is 1. The second-order valence-electron chi connectivity index (χ2n) is 4.11. The molecule has 0 aliphatic heterocycles. The van der Waals surface area contributed by atoms with Gasteiger partial charge in [-0.25, -0.2) is 0 Å². The van der Waals surface area contributed by atoms with Crippen molar-refractivity contribution in [1.29, 1.82) is 0 Å². The molecule has 1 aliphatic carbocycles. The van der Waals surface area contributed by atoms with Crippen LogP contribution in [0.15, 0.2) is 29.8 Å². The highest BCUT2D eigenvalue weighted by molar-refractivity contribution is 5.63. The zero-order valence-corrected chi connectivity index (χ0v) is 11.6. The Balaban J connectivity index is 0.000000686. The molecule has 0 saturated heterocycles. The van der Waals surface area contributed by atoms with Gasteiger partial charge in [0.05, 0.1) is 0 Å². The van der Waals surface area contributed by atoms with E-state index in [0.717, 1.165) is 0 Å². The molecule has 0 N–H and O–H groups in total. The van der Waals surface area contributed by atoms with E-state index in [1.807, 2.05) is 13.8 Å². The average Bonchev–Trinajstić information content (AvgIpc) is 2.41. The van der Waals surface area contributed by atoms with E-state index in [-0.39, 0.29) is 0 Å². The minimum Gasteiger partial charge on any atom is -0.0871 e. The molecule has 0 saturated carbocycles. The predicted molar refractivity (Wildman–Crippen MR) is 79.1 cm³/mol. The van der Waals surface area contributed by atoms with Crippen LogP contribution in [-0.2, 0) is 6.42 Å². The number of allylic oxidation sites excluding steroid dienone is 2. The van der Waals surface area contributed by atoms with Crippen LogP contribution in [0.4, 0.5) is 0 Å². The Kier molecular flexibility index (Phi) is 5.76. The lowest BCUT2D eigenvalue weighted by atomic mass is 9.90. The minimum absolute atomic E-state index is 1.19. The summed E-state index contributed by atoms with van der Waals surface area (Å²) in [6, 6.07) is 6.77. The lowest BCUT2D eigenvalue weighted by Gasteiger charge is -2.15. The molecule has 2 rings (SSSR count). The van der Waals surface area contributed by atoms with Crippen molar-refractivity contribution in [2.75, 3.05) is 0 Å². The topological polar surface area (TPSA) is 0 Å². The molecule has 0 radical (unpaired) electrons. The number of hydrogen-bond acceptors (Lipinski definition) is 0. The maximum absolute atomic E-state index is 2.36. The Hall–Kier alpha value is -1.30. The SMILES string of the molecule is C/C=C/c1ccc2c(c1)CCC(CC)=C2.CC. The molecule has 0 fully saturated rings. The van der Waals surface area contributed by atoms with Crippen molar-refractivity contribution in [2.45, 2.75) is 47.0 Å². The van der Waals surface area contributed by atoms with Gasteiger partial charge in [0, 0.05) is 0 Å². The second-order valence-corrected chi connectivity index (χ2v) is 4.11. The highest BCUT2D eigenvalue weighted by atomic mass is 14.1. The van der Waals surface area contributed by atoms with Crippen molar-refractivity contribution >= 4 is 12.2 Å². The fraction of sp³-hybridized carbons (Fsp3) is 0.412. The molecule has 0 heteroatoms. The Morgan fingerprint density at radius 1 is 1.18 bits per heavy atom. The van der Waals surface area contributed by atoms with Crippen LogP contribution in [0.25, 0.3) is 12.2 Å². The van der Waals surface area contributed by atoms with Gasteiger partial charge in [-0.1, -0.05) is 62.8 Å². The highest BCUT2D eigenvalue weighted by Gasteiger charge is 2.08. The van der Waals surface area contributed by atoms with Crippen molar-refractivity contribution < 1.29 is 0 Å². The van der Waals surface area contributed by atoms with E-state index in [0.29, 0.717) is 0 Å². The molecule has 0 aromatic heterocycles. The van der Waals surface area contributed by atoms with Crippen LogP contribution < -0.4 is 0 Å². The maximum Gasteiger partial charge on any atom is -0.0224 e. The quantitative estimate of drug-likeness (QED) is 0.628. The van der Waals surface area contributed by atoms with Crippen molar-refractivity contribution in [3.8, 4) is 0 Å². The zero-order chi connectivity index (χ0) is 12.7. The zero-order valence-electron chi connectivity index (χ0n) is 11.6. The summed E-state index contributed by atoms with van der Waals surface area (Å²) >= 11 is 0. The number of hydrogen-bond donors (Lipinski definition) is 0. The van der Waals surface area contributed by atoms with E-state index in [2.05, 4.69) is 50.3 Å². The van der Waals surface area contributed by atoms with E-state index < -0.39 is 0 Å². The normalized spacial score (nSPS) is 13.8. The molecule has 0 bridgehead atoms. The summed E-state index contributed by atoms with van der Waals surface area (Å²) in [4.78, 5) is 0. The van der Waals surface area contributed by atoms with Gasteiger partial charge in [-0.05, 0) is 42.9 Å². The van der Waals surface area contributed by atoms with Gasteiger partial charge >= 0.3 is 0 Å². The average molecular weight is 228 g/mol. The molecule has 0 atom stereocenters. The summed E-state index contributed by atoms with van der Waals surface area (Å²) in [7, 11) is 0. The largest absolute Gasteiger partial charge is 0.0871 e. The van der Waals surface area contributed by atoms with Gasteiger partial charge < -0.3 is 0 Å². The lowest BCUT2D eigenvalue weighted by Crippen LogP contribution is -1.99. The van der Waals surface area contributed by atoms with Crippen LogP contribution in [-0.4, -0.2) is 0 Å². The molecule has 1 aromatic carbocycles. The Labute approximate surface area is 106 Å². The molecule has 92 valence electrons. The van der Waals surface area contributed by atoms with Gasteiger partial charge in [0.2, 0.25) is 0 Å². The van der Waals surface area contributed by atoms with E-state index in [4.69, 9.17) is 0 Å². The van der Waals surface area contributed by atoms with Crippen LogP contribution >= 0.6 is 0 Å².